The van der Waals surface area contributed by atoms with Crippen molar-refractivity contribution in [2.45, 2.75) is 25.4 Å². The van der Waals surface area contributed by atoms with Gasteiger partial charge in [-0.3, -0.25) is 0 Å². The first kappa shape index (κ1) is 5.97. The van der Waals surface area contributed by atoms with Crippen LogP contribution in [0.2, 0.25) is 0 Å². The summed E-state index contributed by atoms with van der Waals surface area (Å²) in [5.74, 6) is 0. The smallest absolute Gasteiger partial charge is 0.0962 e. The fraction of sp³-hybridized carbons (Fsp3) is 1.00. The molecule has 0 amide bonds. The van der Waals surface area contributed by atoms with Gasteiger partial charge in [-0.05, 0) is 29.3 Å². The fourth-order valence-corrected chi connectivity index (χ4v) is 0.540. The maximum absolute atomic E-state index is 7.59. The predicted octanol–water partition coefficient (Wildman–Crippen LogP) is 0.892. The molecule has 0 unspecified atom stereocenters. The first-order valence-corrected chi connectivity index (χ1v) is 2.57. The van der Waals surface area contributed by atoms with Gasteiger partial charge in [0.05, 0.1) is 6.10 Å². The Hall–Kier alpha value is -0.160. The third kappa shape index (κ3) is 1.41. The standard InChI is InChI=1S/C4H8O4/c5-7-8-6-4-2-1-3-4/h4-5H,1-3H2. The SMILES string of the molecule is OOOOC1CCC1. The van der Waals surface area contributed by atoms with Crippen molar-refractivity contribution >= 4 is 0 Å². The van der Waals surface area contributed by atoms with Crippen molar-refractivity contribution in [3.63, 3.8) is 0 Å². The minimum absolute atomic E-state index is 0.127. The van der Waals surface area contributed by atoms with Crippen LogP contribution in [0.25, 0.3) is 0 Å². The summed E-state index contributed by atoms with van der Waals surface area (Å²) in [7, 11) is 0. The second kappa shape index (κ2) is 2.99. The van der Waals surface area contributed by atoms with Gasteiger partial charge in [0.1, 0.15) is 0 Å². The molecule has 0 aromatic carbocycles. The first-order chi connectivity index (χ1) is 3.93. The molecule has 1 rings (SSSR count). The Kier molecular flexibility index (Phi) is 2.23. The van der Waals surface area contributed by atoms with E-state index in [1.165, 1.54) is 6.42 Å². The lowest BCUT2D eigenvalue weighted by Gasteiger charge is -2.21. The van der Waals surface area contributed by atoms with Crippen molar-refractivity contribution in [3.8, 4) is 0 Å². The molecule has 0 atom stereocenters. The van der Waals surface area contributed by atoms with E-state index in [0.717, 1.165) is 12.8 Å². The third-order valence-corrected chi connectivity index (χ3v) is 1.26. The highest BCUT2D eigenvalue weighted by Gasteiger charge is 2.19. The Morgan fingerprint density at radius 3 is 2.50 bits per heavy atom. The summed E-state index contributed by atoms with van der Waals surface area (Å²) in [4.78, 5) is 4.45. The van der Waals surface area contributed by atoms with E-state index in [1.807, 2.05) is 0 Å². The monoisotopic (exact) mass is 120 g/mol. The molecular formula is C4H8O4. The lowest BCUT2D eigenvalue weighted by atomic mass is 9.97. The van der Waals surface area contributed by atoms with Gasteiger partial charge in [-0.25, -0.2) is 10.1 Å². The molecule has 0 aromatic heterocycles. The van der Waals surface area contributed by atoms with Crippen LogP contribution in [-0.2, 0) is 15.0 Å². The molecule has 0 aliphatic heterocycles. The zero-order chi connectivity index (χ0) is 5.82. The minimum Gasteiger partial charge on any atom is -0.219 e. The molecule has 1 N–H and O–H groups in total. The molecule has 8 heavy (non-hydrogen) atoms. The van der Waals surface area contributed by atoms with E-state index < -0.39 is 0 Å². The third-order valence-electron chi connectivity index (χ3n) is 1.26. The highest BCUT2D eigenvalue weighted by molar-refractivity contribution is 4.66. The van der Waals surface area contributed by atoms with Crippen LogP contribution < -0.4 is 0 Å². The first-order valence-electron chi connectivity index (χ1n) is 2.57. The van der Waals surface area contributed by atoms with Crippen LogP contribution in [0.4, 0.5) is 0 Å². The highest BCUT2D eigenvalue weighted by Crippen LogP contribution is 2.21. The number of hydrogen-bond donors (Lipinski definition) is 1. The maximum atomic E-state index is 7.59. The van der Waals surface area contributed by atoms with E-state index in [0.29, 0.717) is 0 Å². The van der Waals surface area contributed by atoms with Gasteiger partial charge in [0.15, 0.2) is 0 Å². The Labute approximate surface area is 46.8 Å². The summed E-state index contributed by atoms with van der Waals surface area (Å²) in [6.07, 6.45) is 3.27. The molecule has 1 aliphatic rings. The maximum Gasteiger partial charge on any atom is 0.0962 e. The van der Waals surface area contributed by atoms with Crippen molar-refractivity contribution < 1.29 is 20.2 Å². The zero-order valence-corrected chi connectivity index (χ0v) is 4.37. The summed E-state index contributed by atoms with van der Waals surface area (Å²) in [6.45, 7) is 0. The van der Waals surface area contributed by atoms with Crippen molar-refractivity contribution in [3.05, 3.63) is 0 Å². The zero-order valence-electron chi connectivity index (χ0n) is 4.37. The van der Waals surface area contributed by atoms with Gasteiger partial charge in [-0.1, -0.05) is 0 Å². The van der Waals surface area contributed by atoms with Crippen LogP contribution in [0.3, 0.4) is 0 Å². The van der Waals surface area contributed by atoms with Crippen LogP contribution in [0.5, 0.6) is 0 Å². The van der Waals surface area contributed by atoms with Crippen molar-refractivity contribution in [2.75, 3.05) is 0 Å². The molecule has 0 heterocycles. The van der Waals surface area contributed by atoms with Gasteiger partial charge >= 0.3 is 0 Å². The average molecular weight is 120 g/mol. The van der Waals surface area contributed by atoms with Gasteiger partial charge in [0.25, 0.3) is 0 Å². The summed E-state index contributed by atoms with van der Waals surface area (Å²) in [5, 5.41) is 14.6. The van der Waals surface area contributed by atoms with Crippen molar-refractivity contribution in [2.24, 2.45) is 0 Å². The highest BCUT2D eigenvalue weighted by atomic mass is 17.6. The Bertz CT molecular complexity index is 61.1. The van der Waals surface area contributed by atoms with Crippen molar-refractivity contribution in [1.29, 1.82) is 0 Å². The Morgan fingerprint density at radius 2 is 2.12 bits per heavy atom. The van der Waals surface area contributed by atoms with E-state index >= 15 is 0 Å². The lowest BCUT2D eigenvalue weighted by Crippen LogP contribution is -2.21. The lowest BCUT2D eigenvalue weighted by molar-refractivity contribution is -0.634. The van der Waals surface area contributed by atoms with Crippen LogP contribution in [-0.4, -0.2) is 11.4 Å². The molecule has 1 aliphatic carbocycles. The molecule has 1 fully saturated rings. The van der Waals surface area contributed by atoms with Gasteiger partial charge in [0.2, 0.25) is 0 Å². The van der Waals surface area contributed by atoms with Crippen LogP contribution in [0.1, 0.15) is 19.3 Å². The predicted molar refractivity (Wildman–Crippen MR) is 23.5 cm³/mol. The average Bonchev–Trinajstić information content (AvgIpc) is 1.63. The molecular weight excluding hydrogens is 112 g/mol. The topological polar surface area (TPSA) is 47.9 Å². The van der Waals surface area contributed by atoms with E-state index in [4.69, 9.17) is 5.26 Å². The molecule has 0 bridgehead atoms. The van der Waals surface area contributed by atoms with Crippen LogP contribution in [0.15, 0.2) is 0 Å². The van der Waals surface area contributed by atoms with Crippen LogP contribution >= 0.6 is 0 Å². The Morgan fingerprint density at radius 1 is 1.38 bits per heavy atom. The van der Waals surface area contributed by atoms with Crippen molar-refractivity contribution in [1.82, 2.24) is 0 Å². The summed E-state index contributed by atoms with van der Waals surface area (Å²) in [6, 6.07) is 0. The summed E-state index contributed by atoms with van der Waals surface area (Å²) in [5.41, 5.74) is 0. The molecule has 4 heteroatoms. The van der Waals surface area contributed by atoms with E-state index in [-0.39, 0.29) is 6.10 Å². The second-order valence-corrected chi connectivity index (χ2v) is 1.79. The van der Waals surface area contributed by atoms with Gasteiger partial charge in [-0.15, -0.1) is 0 Å². The molecule has 0 radical (unpaired) electrons. The molecule has 4 nitrogen and oxygen atoms in total. The normalized spacial score (nSPS) is 20.6. The fourth-order valence-electron chi connectivity index (χ4n) is 0.540. The Balaban J connectivity index is 1.86. The minimum atomic E-state index is 0.127. The van der Waals surface area contributed by atoms with Crippen LogP contribution in [0, 0.1) is 0 Å². The van der Waals surface area contributed by atoms with Gasteiger partial charge < -0.3 is 0 Å². The molecule has 1 saturated carbocycles. The van der Waals surface area contributed by atoms with E-state index in [2.05, 4.69) is 15.0 Å². The van der Waals surface area contributed by atoms with E-state index in [9.17, 15) is 0 Å². The number of hydrogen-bond acceptors (Lipinski definition) is 4. The summed E-state index contributed by atoms with van der Waals surface area (Å²) >= 11 is 0. The molecule has 0 aromatic rings. The number of rotatable bonds is 3. The molecule has 0 spiro atoms. The molecule has 48 valence electrons. The largest absolute Gasteiger partial charge is 0.219 e. The van der Waals surface area contributed by atoms with Gasteiger partial charge in [0, 0.05) is 0 Å². The quantitative estimate of drug-likeness (QED) is 0.444. The second-order valence-electron chi connectivity index (χ2n) is 1.79. The van der Waals surface area contributed by atoms with E-state index in [1.54, 1.807) is 0 Å². The van der Waals surface area contributed by atoms with Gasteiger partial charge in [-0.2, -0.15) is 0 Å². The molecule has 0 saturated heterocycles. The summed E-state index contributed by atoms with van der Waals surface area (Å²) < 4.78 is 0.